The third kappa shape index (κ3) is 4.31. The molecule has 0 unspecified atom stereocenters. The molecule has 0 saturated heterocycles. The minimum absolute atomic E-state index is 0.206. The molecule has 23 heavy (non-hydrogen) atoms. The average molecular weight is 314 g/mol. The van der Waals surface area contributed by atoms with E-state index in [1.165, 1.54) is 12.1 Å². The number of carbonyl (C=O) groups is 1. The van der Waals surface area contributed by atoms with Crippen LogP contribution in [0.1, 0.15) is 49.4 Å². The lowest BCUT2D eigenvalue weighted by atomic mass is 9.98. The smallest absolute Gasteiger partial charge is 0.319 e. The Bertz CT molecular complexity index is 680. The molecular weight excluding hydrogens is 291 g/mol. The van der Waals surface area contributed by atoms with Crippen molar-refractivity contribution in [1.82, 2.24) is 5.32 Å². The Morgan fingerprint density at radius 2 is 1.70 bits per heavy atom. The molecule has 0 aliphatic carbocycles. The Morgan fingerprint density at radius 1 is 1.04 bits per heavy atom. The molecular formula is C19H23FN2O. The van der Waals surface area contributed by atoms with Gasteiger partial charge in [0.05, 0.1) is 6.04 Å². The van der Waals surface area contributed by atoms with Crippen LogP contribution >= 0.6 is 0 Å². The molecule has 2 aromatic carbocycles. The first kappa shape index (κ1) is 17.0. The van der Waals surface area contributed by atoms with E-state index in [2.05, 4.69) is 24.5 Å². The zero-order valence-electron chi connectivity index (χ0n) is 14.0. The molecule has 2 aromatic rings. The zero-order valence-corrected chi connectivity index (χ0v) is 14.0. The molecule has 4 heteroatoms. The maximum absolute atomic E-state index is 13.0. The third-order valence-electron chi connectivity index (χ3n) is 3.88. The van der Waals surface area contributed by atoms with Crippen LogP contribution in [0, 0.1) is 12.7 Å². The lowest BCUT2D eigenvalue weighted by molar-refractivity contribution is 0.249. The lowest BCUT2D eigenvalue weighted by Gasteiger charge is -2.19. The van der Waals surface area contributed by atoms with Crippen molar-refractivity contribution >= 4 is 11.7 Å². The predicted octanol–water partition coefficient (Wildman–Crippen LogP) is 5.14. The summed E-state index contributed by atoms with van der Waals surface area (Å²) in [5.41, 5.74) is 3.84. The molecule has 0 radical (unpaired) electrons. The number of aryl methyl sites for hydroxylation is 1. The summed E-state index contributed by atoms with van der Waals surface area (Å²) in [5.74, 6) is 0.0339. The van der Waals surface area contributed by atoms with Crippen molar-refractivity contribution in [2.24, 2.45) is 0 Å². The van der Waals surface area contributed by atoms with E-state index in [1.54, 1.807) is 12.1 Å². The summed E-state index contributed by atoms with van der Waals surface area (Å²) in [6.07, 6.45) is 0. The largest absolute Gasteiger partial charge is 0.331 e. The van der Waals surface area contributed by atoms with E-state index in [9.17, 15) is 9.18 Å². The first-order chi connectivity index (χ1) is 10.9. The molecule has 2 amide bonds. The lowest BCUT2D eigenvalue weighted by Crippen LogP contribution is -2.31. The summed E-state index contributed by atoms with van der Waals surface area (Å²) in [6, 6.07) is 11.7. The average Bonchev–Trinajstić information content (AvgIpc) is 2.49. The second-order valence-electron chi connectivity index (χ2n) is 6.07. The van der Waals surface area contributed by atoms with Crippen LogP contribution < -0.4 is 10.6 Å². The van der Waals surface area contributed by atoms with Crippen LogP contribution in [-0.4, -0.2) is 6.03 Å². The van der Waals surface area contributed by atoms with Crippen LogP contribution in [-0.2, 0) is 0 Å². The molecule has 0 fully saturated rings. The Balaban J connectivity index is 2.09. The Kier molecular flexibility index (Phi) is 5.37. The standard InChI is InChI=1S/C19H23FN2O/c1-12(2)17-7-5-6-13(3)18(17)22-19(23)21-14(4)15-8-10-16(20)11-9-15/h5-12,14H,1-4H3,(H2,21,22,23)/t14-/m0/s1. The number of nitrogens with one attached hydrogen (secondary N) is 2. The maximum atomic E-state index is 13.0. The van der Waals surface area contributed by atoms with Crippen LogP contribution in [0.3, 0.4) is 0 Å². The molecule has 0 saturated carbocycles. The highest BCUT2D eigenvalue weighted by molar-refractivity contribution is 5.91. The first-order valence-corrected chi connectivity index (χ1v) is 7.81. The quantitative estimate of drug-likeness (QED) is 0.806. The Hall–Kier alpha value is -2.36. The van der Waals surface area contributed by atoms with E-state index in [4.69, 9.17) is 0 Å². The Labute approximate surface area is 136 Å². The van der Waals surface area contributed by atoms with Gasteiger partial charge in [0.25, 0.3) is 0 Å². The number of benzene rings is 2. The van der Waals surface area contributed by atoms with E-state index in [-0.39, 0.29) is 17.9 Å². The van der Waals surface area contributed by atoms with Gasteiger partial charge in [0.1, 0.15) is 5.82 Å². The zero-order chi connectivity index (χ0) is 17.0. The van der Waals surface area contributed by atoms with E-state index in [0.29, 0.717) is 5.92 Å². The van der Waals surface area contributed by atoms with Crippen molar-refractivity contribution in [3.8, 4) is 0 Å². The molecule has 2 N–H and O–H groups in total. The molecule has 0 heterocycles. The van der Waals surface area contributed by atoms with Crippen molar-refractivity contribution in [1.29, 1.82) is 0 Å². The molecule has 2 rings (SSSR count). The number of carbonyl (C=O) groups excluding carboxylic acids is 1. The van der Waals surface area contributed by atoms with E-state index in [0.717, 1.165) is 22.4 Å². The monoisotopic (exact) mass is 314 g/mol. The number of amides is 2. The minimum atomic E-state index is -0.285. The summed E-state index contributed by atoms with van der Waals surface area (Å²) >= 11 is 0. The molecule has 0 aliphatic rings. The SMILES string of the molecule is Cc1cccc(C(C)C)c1NC(=O)N[C@@H](C)c1ccc(F)cc1. The summed E-state index contributed by atoms with van der Waals surface area (Å²) < 4.78 is 13.0. The maximum Gasteiger partial charge on any atom is 0.319 e. The highest BCUT2D eigenvalue weighted by Gasteiger charge is 2.14. The van der Waals surface area contributed by atoms with Gasteiger partial charge in [0.15, 0.2) is 0 Å². The molecule has 0 aliphatic heterocycles. The summed E-state index contributed by atoms with van der Waals surface area (Å²) in [4.78, 5) is 12.3. The van der Waals surface area contributed by atoms with Gasteiger partial charge in [0.2, 0.25) is 0 Å². The fraction of sp³-hybridized carbons (Fsp3) is 0.316. The van der Waals surface area contributed by atoms with Crippen LogP contribution in [0.5, 0.6) is 0 Å². The second kappa shape index (κ2) is 7.27. The van der Waals surface area contributed by atoms with Crippen LogP contribution in [0.25, 0.3) is 0 Å². The van der Waals surface area contributed by atoms with Gasteiger partial charge < -0.3 is 10.6 Å². The fourth-order valence-electron chi connectivity index (χ4n) is 2.52. The normalized spacial score (nSPS) is 12.1. The first-order valence-electron chi connectivity index (χ1n) is 7.81. The number of rotatable bonds is 4. The summed E-state index contributed by atoms with van der Waals surface area (Å²) in [5, 5.41) is 5.83. The van der Waals surface area contributed by atoms with E-state index >= 15 is 0 Å². The number of para-hydroxylation sites is 1. The number of anilines is 1. The second-order valence-corrected chi connectivity index (χ2v) is 6.07. The van der Waals surface area contributed by atoms with Crippen LogP contribution in [0.15, 0.2) is 42.5 Å². The molecule has 122 valence electrons. The Morgan fingerprint density at radius 3 is 2.30 bits per heavy atom. The van der Waals surface area contributed by atoms with E-state index in [1.807, 2.05) is 32.0 Å². The topological polar surface area (TPSA) is 41.1 Å². The summed E-state index contributed by atoms with van der Waals surface area (Å²) in [7, 11) is 0. The van der Waals surface area contributed by atoms with Gasteiger partial charge in [-0.3, -0.25) is 0 Å². The van der Waals surface area contributed by atoms with Crippen molar-refractivity contribution in [3.63, 3.8) is 0 Å². The van der Waals surface area contributed by atoms with Gasteiger partial charge in [-0.1, -0.05) is 44.2 Å². The predicted molar refractivity (Wildman–Crippen MR) is 92.2 cm³/mol. The molecule has 3 nitrogen and oxygen atoms in total. The molecule has 1 atom stereocenters. The molecule has 0 bridgehead atoms. The van der Waals surface area contributed by atoms with Gasteiger partial charge in [0, 0.05) is 5.69 Å². The van der Waals surface area contributed by atoms with Gasteiger partial charge in [-0.15, -0.1) is 0 Å². The van der Waals surface area contributed by atoms with Gasteiger partial charge in [-0.2, -0.15) is 0 Å². The van der Waals surface area contributed by atoms with Gasteiger partial charge in [-0.05, 0) is 48.6 Å². The molecule has 0 spiro atoms. The highest BCUT2D eigenvalue weighted by Crippen LogP contribution is 2.27. The third-order valence-corrected chi connectivity index (χ3v) is 3.88. The molecule has 0 aromatic heterocycles. The van der Waals surface area contributed by atoms with Crippen LogP contribution in [0.2, 0.25) is 0 Å². The fourth-order valence-corrected chi connectivity index (χ4v) is 2.52. The number of hydrogen-bond donors (Lipinski definition) is 2. The van der Waals surface area contributed by atoms with Crippen molar-refractivity contribution in [2.75, 3.05) is 5.32 Å². The highest BCUT2D eigenvalue weighted by atomic mass is 19.1. The van der Waals surface area contributed by atoms with Crippen molar-refractivity contribution < 1.29 is 9.18 Å². The van der Waals surface area contributed by atoms with Gasteiger partial charge in [-0.25, -0.2) is 9.18 Å². The van der Waals surface area contributed by atoms with E-state index < -0.39 is 0 Å². The summed E-state index contributed by atoms with van der Waals surface area (Å²) in [6.45, 7) is 8.04. The van der Waals surface area contributed by atoms with Crippen molar-refractivity contribution in [2.45, 2.75) is 39.7 Å². The minimum Gasteiger partial charge on any atom is -0.331 e. The number of urea groups is 1. The number of halogens is 1. The van der Waals surface area contributed by atoms with Crippen molar-refractivity contribution in [3.05, 3.63) is 65.0 Å². The van der Waals surface area contributed by atoms with Gasteiger partial charge >= 0.3 is 6.03 Å². The van der Waals surface area contributed by atoms with Crippen LogP contribution in [0.4, 0.5) is 14.9 Å². The number of hydrogen-bond acceptors (Lipinski definition) is 1.